The van der Waals surface area contributed by atoms with E-state index in [4.69, 9.17) is 16.6 Å². The highest BCUT2D eigenvalue weighted by molar-refractivity contribution is 9.10. The minimum atomic E-state index is -0.137. The van der Waals surface area contributed by atoms with Crippen molar-refractivity contribution in [3.05, 3.63) is 76.2 Å². The van der Waals surface area contributed by atoms with Gasteiger partial charge in [0.05, 0.1) is 11.7 Å². The van der Waals surface area contributed by atoms with E-state index in [0.717, 1.165) is 27.3 Å². The predicted molar refractivity (Wildman–Crippen MR) is 120 cm³/mol. The van der Waals surface area contributed by atoms with Gasteiger partial charge in [-0.2, -0.15) is 0 Å². The fraction of sp³-hybridized carbons (Fsp3) is 0.273. The highest BCUT2D eigenvalue weighted by atomic mass is 79.9. The summed E-state index contributed by atoms with van der Waals surface area (Å²) in [6.07, 6.45) is 2.41. The molecule has 3 heterocycles. The van der Waals surface area contributed by atoms with E-state index in [0.29, 0.717) is 18.1 Å². The van der Waals surface area contributed by atoms with Crippen molar-refractivity contribution in [2.45, 2.75) is 25.4 Å². The Bertz CT molecular complexity index is 1010. The molecule has 0 unspecified atom stereocenters. The van der Waals surface area contributed by atoms with Gasteiger partial charge in [0, 0.05) is 29.4 Å². The van der Waals surface area contributed by atoms with Crippen LogP contribution in [0, 0.1) is 6.92 Å². The second-order valence-electron chi connectivity index (χ2n) is 7.08. The quantitative estimate of drug-likeness (QED) is 0.505. The Kier molecular flexibility index (Phi) is 5.99. The summed E-state index contributed by atoms with van der Waals surface area (Å²) in [6.45, 7) is 2.81. The van der Waals surface area contributed by atoms with E-state index in [9.17, 15) is 5.11 Å². The molecule has 0 amide bonds. The summed E-state index contributed by atoms with van der Waals surface area (Å²) in [6, 6.07) is 15.8. The van der Waals surface area contributed by atoms with Gasteiger partial charge in [0.1, 0.15) is 17.6 Å². The summed E-state index contributed by atoms with van der Waals surface area (Å²) >= 11 is 9.24. The normalized spacial score (nSPS) is 18.9. The molecule has 0 bridgehead atoms. The predicted octanol–water partition coefficient (Wildman–Crippen LogP) is 4.77. The highest BCUT2D eigenvalue weighted by Crippen LogP contribution is 2.41. The van der Waals surface area contributed by atoms with Crippen LogP contribution in [0.5, 0.6) is 0 Å². The number of aryl methyl sites for hydroxylation is 1. The standard InChI is InChI=1S/C22H22BrN3O2S/c1-14-6-7-15(16(23)13-14)18-8-9-19(28-18)21-20(17-5-2-3-10-24-17)25-22(29)26(21)11-4-12-27/h2-3,5-10,13,20-21,27H,4,11-12H2,1H3,(H,25,29)/t20-,21+/m0/s1. The number of pyridine rings is 1. The van der Waals surface area contributed by atoms with Gasteiger partial charge >= 0.3 is 0 Å². The molecule has 0 saturated carbocycles. The number of hydrogen-bond acceptors (Lipinski definition) is 4. The van der Waals surface area contributed by atoms with Crippen molar-refractivity contribution in [1.29, 1.82) is 0 Å². The van der Waals surface area contributed by atoms with E-state index in [2.05, 4.69) is 56.3 Å². The van der Waals surface area contributed by atoms with Crippen molar-refractivity contribution >= 4 is 33.3 Å². The average molecular weight is 472 g/mol. The van der Waals surface area contributed by atoms with Gasteiger partial charge < -0.3 is 19.7 Å². The SMILES string of the molecule is Cc1ccc(-c2ccc([C@@H]3[C@H](c4ccccn4)NC(=S)N3CCCO)o2)c(Br)c1. The zero-order valence-electron chi connectivity index (χ0n) is 16.0. The van der Waals surface area contributed by atoms with E-state index in [1.807, 2.05) is 30.3 Å². The summed E-state index contributed by atoms with van der Waals surface area (Å²) in [4.78, 5) is 6.61. The maximum absolute atomic E-state index is 9.33. The lowest BCUT2D eigenvalue weighted by Gasteiger charge is -2.25. The summed E-state index contributed by atoms with van der Waals surface area (Å²) < 4.78 is 7.32. The number of nitrogens with one attached hydrogen (secondary N) is 1. The molecule has 0 radical (unpaired) electrons. The Balaban J connectivity index is 1.72. The van der Waals surface area contributed by atoms with Crippen LogP contribution in [0.2, 0.25) is 0 Å². The molecule has 150 valence electrons. The van der Waals surface area contributed by atoms with E-state index < -0.39 is 0 Å². The van der Waals surface area contributed by atoms with Crippen molar-refractivity contribution in [2.75, 3.05) is 13.2 Å². The topological polar surface area (TPSA) is 61.5 Å². The molecular formula is C22H22BrN3O2S. The molecule has 0 aliphatic carbocycles. The van der Waals surface area contributed by atoms with E-state index >= 15 is 0 Å². The van der Waals surface area contributed by atoms with Crippen LogP contribution >= 0.6 is 28.1 Å². The largest absolute Gasteiger partial charge is 0.459 e. The zero-order valence-corrected chi connectivity index (χ0v) is 18.4. The molecule has 1 aliphatic rings. The molecule has 7 heteroatoms. The number of nitrogens with zero attached hydrogens (tertiary/aromatic N) is 2. The smallest absolute Gasteiger partial charge is 0.170 e. The summed E-state index contributed by atoms with van der Waals surface area (Å²) in [5.41, 5.74) is 3.09. The number of rotatable bonds is 6. The maximum atomic E-state index is 9.33. The minimum Gasteiger partial charge on any atom is -0.459 e. The zero-order chi connectivity index (χ0) is 20.4. The molecule has 4 rings (SSSR count). The van der Waals surface area contributed by atoms with Crippen LogP contribution in [-0.4, -0.2) is 33.3 Å². The Labute approximate surface area is 183 Å². The Morgan fingerprint density at radius 3 is 2.83 bits per heavy atom. The number of aliphatic hydroxyl groups is 1. The van der Waals surface area contributed by atoms with Gasteiger partial charge in [-0.15, -0.1) is 0 Å². The molecule has 1 saturated heterocycles. The van der Waals surface area contributed by atoms with Gasteiger partial charge in [0.15, 0.2) is 5.11 Å². The average Bonchev–Trinajstić information content (AvgIpc) is 3.31. The molecule has 1 aliphatic heterocycles. The van der Waals surface area contributed by atoms with E-state index in [1.54, 1.807) is 6.20 Å². The van der Waals surface area contributed by atoms with Crippen LogP contribution in [-0.2, 0) is 0 Å². The first-order valence-corrected chi connectivity index (χ1v) is 10.7. The van der Waals surface area contributed by atoms with Gasteiger partial charge in [-0.1, -0.05) is 28.1 Å². The number of benzene rings is 1. The third-order valence-corrected chi connectivity index (χ3v) is 6.07. The molecule has 2 aromatic heterocycles. The van der Waals surface area contributed by atoms with Crippen LogP contribution in [0.1, 0.15) is 35.5 Å². The van der Waals surface area contributed by atoms with Crippen LogP contribution in [0.4, 0.5) is 0 Å². The molecule has 5 nitrogen and oxygen atoms in total. The first kappa shape index (κ1) is 20.1. The van der Waals surface area contributed by atoms with Gasteiger partial charge in [-0.3, -0.25) is 4.98 Å². The first-order chi connectivity index (χ1) is 14.1. The van der Waals surface area contributed by atoms with Gasteiger partial charge in [-0.05, 0) is 67.5 Å². The van der Waals surface area contributed by atoms with E-state index in [1.165, 1.54) is 5.56 Å². The molecule has 3 aromatic rings. The molecule has 1 fully saturated rings. The van der Waals surface area contributed by atoms with Crippen molar-refractivity contribution in [3.8, 4) is 11.3 Å². The second-order valence-corrected chi connectivity index (χ2v) is 8.32. The third-order valence-electron chi connectivity index (χ3n) is 5.06. The molecule has 0 spiro atoms. The number of thiocarbonyl (C=S) groups is 1. The molecule has 1 aromatic carbocycles. The first-order valence-electron chi connectivity index (χ1n) is 9.53. The van der Waals surface area contributed by atoms with E-state index in [-0.39, 0.29) is 18.7 Å². The fourth-order valence-corrected chi connectivity index (χ4v) is 4.69. The van der Waals surface area contributed by atoms with Crippen molar-refractivity contribution < 1.29 is 9.52 Å². The fourth-order valence-electron chi connectivity index (χ4n) is 3.67. The van der Waals surface area contributed by atoms with Gasteiger partial charge in [0.2, 0.25) is 0 Å². The van der Waals surface area contributed by atoms with Crippen molar-refractivity contribution in [3.63, 3.8) is 0 Å². The summed E-state index contributed by atoms with van der Waals surface area (Å²) in [7, 11) is 0. The number of halogens is 1. The number of aromatic nitrogens is 1. The molecule has 2 atom stereocenters. The lowest BCUT2D eigenvalue weighted by atomic mass is 10.0. The molecule has 2 N–H and O–H groups in total. The molecular weight excluding hydrogens is 450 g/mol. The Morgan fingerprint density at radius 2 is 2.10 bits per heavy atom. The van der Waals surface area contributed by atoms with Crippen LogP contribution < -0.4 is 5.32 Å². The summed E-state index contributed by atoms with van der Waals surface area (Å²) in [5, 5.41) is 13.4. The number of aliphatic hydroxyl groups excluding tert-OH is 1. The number of hydrogen-bond donors (Lipinski definition) is 2. The van der Waals surface area contributed by atoms with Gasteiger partial charge in [0.25, 0.3) is 0 Å². The van der Waals surface area contributed by atoms with Crippen LogP contribution in [0.3, 0.4) is 0 Å². The summed E-state index contributed by atoms with van der Waals surface area (Å²) in [5.74, 6) is 1.61. The minimum absolute atomic E-state index is 0.111. The third kappa shape index (κ3) is 4.08. The lowest BCUT2D eigenvalue weighted by molar-refractivity contribution is 0.233. The second kappa shape index (κ2) is 8.65. The van der Waals surface area contributed by atoms with Crippen LogP contribution in [0.25, 0.3) is 11.3 Å². The monoisotopic (exact) mass is 471 g/mol. The Hall–Kier alpha value is -2.22. The van der Waals surface area contributed by atoms with Gasteiger partial charge in [-0.25, -0.2) is 0 Å². The van der Waals surface area contributed by atoms with Crippen molar-refractivity contribution in [1.82, 2.24) is 15.2 Å². The van der Waals surface area contributed by atoms with Crippen molar-refractivity contribution in [2.24, 2.45) is 0 Å². The highest BCUT2D eigenvalue weighted by Gasteiger charge is 2.41. The lowest BCUT2D eigenvalue weighted by Crippen LogP contribution is -2.30. The Morgan fingerprint density at radius 1 is 1.24 bits per heavy atom. The van der Waals surface area contributed by atoms with Crippen LogP contribution in [0.15, 0.2) is 63.6 Å². The maximum Gasteiger partial charge on any atom is 0.170 e. The number of furan rings is 1. The molecule has 29 heavy (non-hydrogen) atoms.